The van der Waals surface area contributed by atoms with Gasteiger partial charge in [-0.15, -0.1) is 22.1 Å². The Bertz CT molecular complexity index is 4130. The van der Waals surface area contributed by atoms with Gasteiger partial charge in [0.25, 0.3) is 0 Å². The smallest absolute Gasteiger partial charge is 0.656 e. The average Bonchev–Trinajstić information content (AvgIpc) is 4.22. The molecule has 6 nitrogen and oxygen atoms in total. The molecule has 0 amide bonds. The largest absolute Gasteiger partial charge is 2.00 e. The van der Waals surface area contributed by atoms with Gasteiger partial charge in [0.1, 0.15) is 0 Å². The summed E-state index contributed by atoms with van der Waals surface area (Å²) in [5.41, 5.74) is 18.8. The second kappa shape index (κ2) is 17.8. The SMILES string of the molecule is [Pt+2].c1ccc(-c2c3nc(c(N(c4ccccc4)c4ccccc4)c4[n-]c(c(-c5ccccc5)c5nc(c(-c6ccccn6)c6[n-]c2c2ccccc62)-c2ccccc2-5)c2ccccc42)-c2ccccc2-3)cc1. The predicted octanol–water partition coefficient (Wildman–Crippen LogP) is 16.4. The van der Waals surface area contributed by atoms with E-state index >= 15 is 0 Å². The van der Waals surface area contributed by atoms with Crippen molar-refractivity contribution in [2.24, 2.45) is 0 Å². The number of rotatable bonds is 6. The normalized spacial score (nSPS) is 11.5. The standard InChI is InChI=1S/C65H40N6.Pt/c1-5-23-41(24-6-1)54-57-45-31-13-15-33-47(45)61(67-57)56(53-39-21-22-40-66-53)62-48-34-16-14-32-46(48)58(68-62)55(42-25-7-2-8-26-42)60-50-36-18-20-38-52(50)64(70-60)65(63-51-37-19-17-35-49(51)59(54)69-63)71(43-27-9-3-10-28-43)44-29-11-4-12-30-44;/h1-40H;/q-2;+2. The van der Waals surface area contributed by atoms with Gasteiger partial charge in [-0.1, -0.05) is 200 Å². The van der Waals surface area contributed by atoms with Gasteiger partial charge in [0.15, 0.2) is 0 Å². The van der Waals surface area contributed by atoms with Gasteiger partial charge in [-0.3, -0.25) is 4.98 Å². The second-order valence-electron chi connectivity index (χ2n) is 17.8. The number of nitrogens with zero attached hydrogens (tertiary/aromatic N) is 6. The summed E-state index contributed by atoms with van der Waals surface area (Å²) in [6, 6.07) is 82.9. The molecule has 0 saturated heterocycles. The van der Waals surface area contributed by atoms with Gasteiger partial charge < -0.3 is 14.9 Å². The van der Waals surface area contributed by atoms with Gasteiger partial charge in [-0.05, 0) is 80.2 Å². The van der Waals surface area contributed by atoms with Gasteiger partial charge in [0.2, 0.25) is 0 Å². The third-order valence-corrected chi connectivity index (χ3v) is 13.8. The van der Waals surface area contributed by atoms with E-state index in [4.69, 9.17) is 24.9 Å². The van der Waals surface area contributed by atoms with Crippen LogP contribution in [-0.4, -0.2) is 15.0 Å². The van der Waals surface area contributed by atoms with Gasteiger partial charge >= 0.3 is 21.1 Å². The minimum atomic E-state index is 0. The first-order chi connectivity index (χ1) is 35.3. The molecule has 7 heteroatoms. The predicted molar refractivity (Wildman–Crippen MR) is 292 cm³/mol. The number of pyridine rings is 1. The van der Waals surface area contributed by atoms with Crippen LogP contribution in [0.25, 0.3) is 122 Å². The Hall–Kier alpha value is -8.96. The van der Waals surface area contributed by atoms with Crippen molar-refractivity contribution in [1.82, 2.24) is 24.9 Å². The third-order valence-electron chi connectivity index (χ3n) is 13.8. The molecule has 0 unspecified atom stereocenters. The first-order valence-corrected chi connectivity index (χ1v) is 23.9. The Kier molecular flexibility index (Phi) is 10.6. The first kappa shape index (κ1) is 43.1. The summed E-state index contributed by atoms with van der Waals surface area (Å²) in [6.45, 7) is 0. The molecule has 0 radical (unpaired) electrons. The maximum atomic E-state index is 5.99. The van der Waals surface area contributed by atoms with Crippen LogP contribution < -0.4 is 14.9 Å². The fourth-order valence-electron chi connectivity index (χ4n) is 10.7. The molecule has 72 heavy (non-hydrogen) atoms. The topological polar surface area (TPSA) is 70.1 Å². The number of para-hydroxylation sites is 2. The fourth-order valence-corrected chi connectivity index (χ4v) is 10.7. The van der Waals surface area contributed by atoms with E-state index in [1.165, 1.54) is 0 Å². The molecule has 0 fully saturated rings. The molecule has 0 N–H and O–H groups in total. The van der Waals surface area contributed by atoms with Crippen LogP contribution in [0.15, 0.2) is 243 Å². The summed E-state index contributed by atoms with van der Waals surface area (Å²) in [4.78, 5) is 31.1. The van der Waals surface area contributed by atoms with Crippen LogP contribution in [0, 0.1) is 0 Å². The van der Waals surface area contributed by atoms with Gasteiger partial charge in [0, 0.05) is 45.4 Å². The van der Waals surface area contributed by atoms with Crippen molar-refractivity contribution in [3.63, 3.8) is 0 Å². The summed E-state index contributed by atoms with van der Waals surface area (Å²) in [6.07, 6.45) is 1.85. The van der Waals surface area contributed by atoms with Gasteiger partial charge in [-0.2, -0.15) is 0 Å². The van der Waals surface area contributed by atoms with Crippen LogP contribution in [-0.2, 0) is 21.1 Å². The minimum Gasteiger partial charge on any atom is -0.656 e. The molecule has 14 rings (SSSR count). The zero-order valence-corrected chi connectivity index (χ0v) is 40.9. The van der Waals surface area contributed by atoms with Crippen molar-refractivity contribution in [3.8, 4) is 78.5 Å². The van der Waals surface area contributed by atoms with Crippen molar-refractivity contribution in [2.75, 3.05) is 4.90 Å². The zero-order chi connectivity index (χ0) is 46.8. The maximum absolute atomic E-state index is 5.99. The van der Waals surface area contributed by atoms with Gasteiger partial charge in [0.05, 0.1) is 34.2 Å². The zero-order valence-electron chi connectivity index (χ0n) is 38.6. The molecule has 8 aromatic carbocycles. The molecule has 11 aromatic rings. The third kappa shape index (κ3) is 6.86. The Labute approximate surface area is 430 Å². The Morgan fingerprint density at radius 1 is 0.306 bits per heavy atom. The molecule has 0 atom stereocenters. The van der Waals surface area contributed by atoms with Crippen molar-refractivity contribution in [3.05, 3.63) is 243 Å². The van der Waals surface area contributed by atoms with E-state index in [2.05, 4.69) is 229 Å². The van der Waals surface area contributed by atoms with Crippen molar-refractivity contribution in [1.29, 1.82) is 0 Å². The number of anilines is 3. The van der Waals surface area contributed by atoms with Crippen LogP contribution in [0.5, 0.6) is 0 Å². The molecule has 3 aliphatic rings. The number of benzene rings is 8. The molecule has 0 saturated carbocycles. The number of aromatic nitrogens is 5. The maximum Gasteiger partial charge on any atom is 2.00 e. The number of hydrogen-bond acceptors (Lipinski definition) is 4. The molecule has 0 spiro atoms. The average molecular weight is 1100 g/mol. The molecule has 8 bridgehead atoms. The summed E-state index contributed by atoms with van der Waals surface area (Å²) in [7, 11) is 0. The quantitative estimate of drug-likeness (QED) is 0.165. The fraction of sp³-hybridized carbons (Fsp3) is 0. The van der Waals surface area contributed by atoms with Crippen LogP contribution >= 0.6 is 0 Å². The molecule has 340 valence electrons. The van der Waals surface area contributed by atoms with E-state index in [-0.39, 0.29) is 21.1 Å². The second-order valence-corrected chi connectivity index (χ2v) is 17.8. The van der Waals surface area contributed by atoms with E-state index in [1.807, 2.05) is 18.3 Å². The molecule has 5 heterocycles. The molecule has 2 aliphatic heterocycles. The van der Waals surface area contributed by atoms with Crippen LogP contribution in [0.3, 0.4) is 0 Å². The Balaban J connectivity index is 0.00000504. The summed E-state index contributed by atoms with van der Waals surface area (Å²) in [5, 5.41) is 4.01. The van der Waals surface area contributed by atoms with Crippen molar-refractivity contribution < 1.29 is 21.1 Å². The van der Waals surface area contributed by atoms with Crippen molar-refractivity contribution >= 4 is 60.7 Å². The molecular weight excluding hydrogens is 1060 g/mol. The van der Waals surface area contributed by atoms with Crippen LogP contribution in [0.1, 0.15) is 0 Å². The Morgan fingerprint density at radius 2 is 0.653 bits per heavy atom. The summed E-state index contributed by atoms with van der Waals surface area (Å²) < 4.78 is 0. The molecule has 3 aromatic heterocycles. The monoisotopic (exact) mass is 1100 g/mol. The van der Waals surface area contributed by atoms with Crippen LogP contribution in [0.4, 0.5) is 17.1 Å². The first-order valence-electron chi connectivity index (χ1n) is 23.9. The van der Waals surface area contributed by atoms with Gasteiger partial charge in [-0.25, -0.2) is 9.97 Å². The van der Waals surface area contributed by atoms with Crippen LogP contribution in [0.2, 0.25) is 0 Å². The van der Waals surface area contributed by atoms with E-state index in [1.54, 1.807) is 0 Å². The number of hydrogen-bond donors (Lipinski definition) is 0. The van der Waals surface area contributed by atoms with Crippen molar-refractivity contribution in [2.45, 2.75) is 0 Å². The molecular formula is C65H40N6Pt. The van der Waals surface area contributed by atoms with E-state index in [0.29, 0.717) is 0 Å². The summed E-state index contributed by atoms with van der Waals surface area (Å²) in [5.74, 6) is 0. The minimum absolute atomic E-state index is 0. The van der Waals surface area contributed by atoms with E-state index in [9.17, 15) is 0 Å². The Morgan fingerprint density at radius 3 is 1.11 bits per heavy atom. The van der Waals surface area contributed by atoms with E-state index < -0.39 is 0 Å². The molecule has 1 aliphatic carbocycles. The van der Waals surface area contributed by atoms with E-state index in [0.717, 1.165) is 139 Å². The summed E-state index contributed by atoms with van der Waals surface area (Å²) >= 11 is 0.